The van der Waals surface area contributed by atoms with E-state index in [-0.39, 0.29) is 5.78 Å². The maximum atomic E-state index is 11.3. The van der Waals surface area contributed by atoms with Gasteiger partial charge in [-0.25, -0.2) is 9.97 Å². The van der Waals surface area contributed by atoms with Gasteiger partial charge in [-0.15, -0.1) is 0 Å². The first-order valence-corrected chi connectivity index (χ1v) is 6.05. The molecule has 1 heterocycles. The van der Waals surface area contributed by atoms with Crippen LogP contribution in [0.2, 0.25) is 0 Å². The molecule has 0 saturated heterocycles. The lowest BCUT2D eigenvalue weighted by atomic mass is 10.1. The Bertz CT molecular complexity index is 574. The van der Waals surface area contributed by atoms with Gasteiger partial charge in [0.2, 0.25) is 0 Å². The van der Waals surface area contributed by atoms with Crippen molar-refractivity contribution in [2.45, 2.75) is 27.2 Å². The van der Waals surface area contributed by atoms with Crippen molar-refractivity contribution >= 4 is 5.78 Å². The van der Waals surface area contributed by atoms with Gasteiger partial charge >= 0.3 is 0 Å². The van der Waals surface area contributed by atoms with E-state index in [2.05, 4.69) is 29.0 Å². The molecule has 3 nitrogen and oxygen atoms in total. The van der Waals surface area contributed by atoms with Crippen LogP contribution in [0.3, 0.4) is 0 Å². The molecule has 92 valence electrons. The zero-order valence-electron chi connectivity index (χ0n) is 10.9. The number of benzene rings is 1. The summed E-state index contributed by atoms with van der Waals surface area (Å²) in [7, 11) is 0. The number of aryl methyl sites for hydroxylation is 2. The third-order valence-electron chi connectivity index (χ3n) is 2.98. The Labute approximate surface area is 107 Å². The molecule has 0 spiro atoms. The van der Waals surface area contributed by atoms with Crippen LogP contribution in [0, 0.1) is 6.92 Å². The van der Waals surface area contributed by atoms with Crippen LogP contribution in [0.4, 0.5) is 0 Å². The summed E-state index contributed by atoms with van der Waals surface area (Å²) >= 11 is 0. The third-order valence-corrected chi connectivity index (χ3v) is 2.98. The van der Waals surface area contributed by atoms with Gasteiger partial charge in [-0.05, 0) is 25.8 Å². The lowest BCUT2D eigenvalue weighted by molar-refractivity contribution is 0.101. The molecule has 1 aromatic heterocycles. The van der Waals surface area contributed by atoms with Crippen molar-refractivity contribution < 1.29 is 4.79 Å². The Hall–Kier alpha value is -2.03. The Morgan fingerprint density at radius 1 is 1.22 bits per heavy atom. The second-order valence-electron chi connectivity index (χ2n) is 4.30. The van der Waals surface area contributed by atoms with Gasteiger partial charge in [-0.1, -0.05) is 31.2 Å². The van der Waals surface area contributed by atoms with E-state index in [1.54, 1.807) is 6.20 Å². The standard InChI is InChI=1S/C15H16N2O/c1-4-12-5-7-13(8-6-12)15-16-9-14(11(3)18)10(2)17-15/h5-9H,4H2,1-3H3. The van der Waals surface area contributed by atoms with Crippen LogP contribution in [0.1, 0.15) is 35.5 Å². The summed E-state index contributed by atoms with van der Waals surface area (Å²) in [5.74, 6) is 0.667. The van der Waals surface area contributed by atoms with E-state index in [0.717, 1.165) is 17.7 Å². The van der Waals surface area contributed by atoms with Crippen LogP contribution in [-0.4, -0.2) is 15.8 Å². The number of rotatable bonds is 3. The van der Waals surface area contributed by atoms with Crippen molar-refractivity contribution in [2.75, 3.05) is 0 Å². The molecule has 0 aliphatic rings. The van der Waals surface area contributed by atoms with E-state index < -0.39 is 0 Å². The average molecular weight is 240 g/mol. The molecular formula is C15H16N2O. The Balaban J connectivity index is 2.39. The zero-order chi connectivity index (χ0) is 13.1. The maximum absolute atomic E-state index is 11.3. The molecule has 0 bridgehead atoms. The molecule has 18 heavy (non-hydrogen) atoms. The van der Waals surface area contributed by atoms with E-state index in [4.69, 9.17) is 0 Å². The van der Waals surface area contributed by atoms with Crippen molar-refractivity contribution in [1.82, 2.24) is 9.97 Å². The summed E-state index contributed by atoms with van der Waals surface area (Å²) in [5, 5.41) is 0. The predicted octanol–water partition coefficient (Wildman–Crippen LogP) is 3.22. The highest BCUT2D eigenvalue weighted by molar-refractivity contribution is 5.94. The minimum Gasteiger partial charge on any atom is -0.294 e. The lowest BCUT2D eigenvalue weighted by Gasteiger charge is -2.05. The minimum absolute atomic E-state index is 0.000353. The number of hydrogen-bond acceptors (Lipinski definition) is 3. The molecule has 2 aromatic rings. The first kappa shape index (κ1) is 12.4. The van der Waals surface area contributed by atoms with Gasteiger partial charge in [0.25, 0.3) is 0 Å². The molecule has 0 N–H and O–H groups in total. The number of aromatic nitrogens is 2. The molecule has 0 amide bonds. The fourth-order valence-corrected chi connectivity index (χ4v) is 1.84. The molecule has 0 atom stereocenters. The van der Waals surface area contributed by atoms with Crippen LogP contribution >= 0.6 is 0 Å². The molecule has 1 aromatic carbocycles. The summed E-state index contributed by atoms with van der Waals surface area (Å²) in [5.41, 5.74) is 3.58. The summed E-state index contributed by atoms with van der Waals surface area (Å²) in [4.78, 5) is 20.0. The molecule has 0 aliphatic carbocycles. The Morgan fingerprint density at radius 3 is 2.39 bits per heavy atom. The lowest BCUT2D eigenvalue weighted by Crippen LogP contribution is -2.02. The SMILES string of the molecule is CCc1ccc(-c2ncc(C(C)=O)c(C)n2)cc1. The summed E-state index contributed by atoms with van der Waals surface area (Å²) in [6.45, 7) is 5.49. The average Bonchev–Trinajstić information content (AvgIpc) is 2.38. The van der Waals surface area contributed by atoms with E-state index in [1.807, 2.05) is 19.1 Å². The van der Waals surface area contributed by atoms with Gasteiger partial charge in [-0.2, -0.15) is 0 Å². The summed E-state index contributed by atoms with van der Waals surface area (Å²) < 4.78 is 0. The first-order valence-electron chi connectivity index (χ1n) is 6.05. The van der Waals surface area contributed by atoms with Crippen LogP contribution in [0.5, 0.6) is 0 Å². The van der Waals surface area contributed by atoms with Crippen molar-refractivity contribution in [3.8, 4) is 11.4 Å². The van der Waals surface area contributed by atoms with Gasteiger partial charge in [0.1, 0.15) is 0 Å². The van der Waals surface area contributed by atoms with Gasteiger partial charge in [0.05, 0.1) is 11.3 Å². The smallest absolute Gasteiger partial charge is 0.163 e. The normalized spacial score (nSPS) is 10.4. The Kier molecular flexibility index (Phi) is 3.51. The molecule has 2 rings (SSSR count). The van der Waals surface area contributed by atoms with E-state index in [0.29, 0.717) is 11.4 Å². The highest BCUT2D eigenvalue weighted by atomic mass is 16.1. The van der Waals surface area contributed by atoms with Crippen LogP contribution in [0.25, 0.3) is 11.4 Å². The molecule has 0 aliphatic heterocycles. The van der Waals surface area contributed by atoms with E-state index >= 15 is 0 Å². The highest BCUT2D eigenvalue weighted by Gasteiger charge is 2.08. The highest BCUT2D eigenvalue weighted by Crippen LogP contribution is 2.17. The maximum Gasteiger partial charge on any atom is 0.163 e. The van der Waals surface area contributed by atoms with Crippen LogP contribution in [0.15, 0.2) is 30.5 Å². The molecule has 0 radical (unpaired) electrons. The Morgan fingerprint density at radius 2 is 1.89 bits per heavy atom. The predicted molar refractivity (Wildman–Crippen MR) is 71.6 cm³/mol. The number of hydrogen-bond donors (Lipinski definition) is 0. The molecular weight excluding hydrogens is 224 g/mol. The summed E-state index contributed by atoms with van der Waals surface area (Å²) in [6, 6.07) is 8.18. The fraction of sp³-hybridized carbons (Fsp3) is 0.267. The van der Waals surface area contributed by atoms with Gasteiger partial charge in [0, 0.05) is 11.8 Å². The summed E-state index contributed by atoms with van der Waals surface area (Å²) in [6.07, 6.45) is 2.62. The first-order chi connectivity index (χ1) is 8.61. The van der Waals surface area contributed by atoms with E-state index in [1.165, 1.54) is 12.5 Å². The molecule has 0 unspecified atom stereocenters. The number of carbonyl (C=O) groups excluding carboxylic acids is 1. The topological polar surface area (TPSA) is 42.9 Å². The van der Waals surface area contributed by atoms with E-state index in [9.17, 15) is 4.79 Å². The van der Waals surface area contributed by atoms with Crippen molar-refractivity contribution in [3.05, 3.63) is 47.3 Å². The van der Waals surface area contributed by atoms with Gasteiger partial charge < -0.3 is 0 Å². The van der Waals surface area contributed by atoms with Crippen LogP contribution < -0.4 is 0 Å². The van der Waals surface area contributed by atoms with Crippen molar-refractivity contribution in [1.29, 1.82) is 0 Å². The monoisotopic (exact) mass is 240 g/mol. The third kappa shape index (κ3) is 2.45. The van der Waals surface area contributed by atoms with Crippen molar-refractivity contribution in [3.63, 3.8) is 0 Å². The second-order valence-corrected chi connectivity index (χ2v) is 4.30. The van der Waals surface area contributed by atoms with Gasteiger partial charge in [0.15, 0.2) is 11.6 Å². The number of nitrogens with zero attached hydrogens (tertiary/aromatic N) is 2. The molecule has 0 saturated carbocycles. The number of ketones is 1. The quantitative estimate of drug-likeness (QED) is 0.774. The van der Waals surface area contributed by atoms with Crippen molar-refractivity contribution in [2.24, 2.45) is 0 Å². The van der Waals surface area contributed by atoms with Gasteiger partial charge in [-0.3, -0.25) is 4.79 Å². The largest absolute Gasteiger partial charge is 0.294 e. The van der Waals surface area contributed by atoms with Crippen LogP contribution in [-0.2, 0) is 6.42 Å². The number of Topliss-reactive ketones (excluding diaryl/α,β-unsaturated/α-hetero) is 1. The molecule has 0 fully saturated rings. The zero-order valence-corrected chi connectivity index (χ0v) is 10.9. The second kappa shape index (κ2) is 5.08. The minimum atomic E-state index is 0.000353. The number of carbonyl (C=O) groups is 1. The molecule has 3 heteroatoms. The fourth-order valence-electron chi connectivity index (χ4n) is 1.84.